The lowest BCUT2D eigenvalue weighted by Gasteiger charge is -2.23. The Balaban J connectivity index is 1.82. The highest BCUT2D eigenvalue weighted by Crippen LogP contribution is 2.32. The van der Waals surface area contributed by atoms with Crippen molar-refractivity contribution < 1.29 is 4.79 Å². The molecule has 0 heterocycles. The van der Waals surface area contributed by atoms with E-state index in [-0.39, 0.29) is 6.04 Å². The maximum Gasteiger partial charge on any atom is 0.323 e. The van der Waals surface area contributed by atoms with Crippen LogP contribution in [0.4, 0.5) is 16.2 Å². The minimum atomic E-state index is -0.578. The third-order valence-electron chi connectivity index (χ3n) is 4.40. The second-order valence-electron chi connectivity index (χ2n) is 6.31. The lowest BCUT2D eigenvalue weighted by Crippen LogP contribution is -2.31. The summed E-state index contributed by atoms with van der Waals surface area (Å²) >= 11 is 6.37. The predicted molar refractivity (Wildman–Crippen MR) is 111 cm³/mol. The number of amides is 2. The van der Waals surface area contributed by atoms with E-state index in [1.54, 1.807) is 6.07 Å². The monoisotopic (exact) mass is 379 g/mol. The van der Waals surface area contributed by atoms with Crippen molar-refractivity contribution in [3.8, 4) is 0 Å². The van der Waals surface area contributed by atoms with Crippen LogP contribution in [0.2, 0.25) is 5.02 Å². The minimum absolute atomic E-state index is 0.201. The van der Waals surface area contributed by atoms with Crippen molar-refractivity contribution in [1.29, 1.82) is 0 Å². The van der Waals surface area contributed by atoms with Gasteiger partial charge < -0.3 is 11.1 Å². The number of anilines is 2. The van der Waals surface area contributed by atoms with Crippen LogP contribution in [0.1, 0.15) is 24.1 Å². The molecule has 3 rings (SSSR count). The van der Waals surface area contributed by atoms with Crippen LogP contribution in [-0.4, -0.2) is 6.03 Å². The smallest absolute Gasteiger partial charge is 0.323 e. The molecule has 27 heavy (non-hydrogen) atoms. The number of nitrogens with one attached hydrogen (secondary N) is 1. The average molecular weight is 380 g/mol. The molecule has 0 saturated carbocycles. The molecule has 2 amide bonds. The van der Waals surface area contributed by atoms with Crippen LogP contribution in [0, 0.1) is 0 Å². The summed E-state index contributed by atoms with van der Waals surface area (Å²) in [4.78, 5) is 13.5. The van der Waals surface area contributed by atoms with Gasteiger partial charge in [0.05, 0.1) is 16.4 Å². The first-order chi connectivity index (χ1) is 13.1. The van der Waals surface area contributed by atoms with E-state index >= 15 is 0 Å². The van der Waals surface area contributed by atoms with E-state index in [4.69, 9.17) is 17.3 Å². The molecule has 0 saturated heterocycles. The highest BCUT2D eigenvalue weighted by Gasteiger charge is 2.18. The topological polar surface area (TPSA) is 58.4 Å². The van der Waals surface area contributed by atoms with Crippen molar-refractivity contribution in [3.63, 3.8) is 0 Å². The number of benzene rings is 3. The first-order valence-corrected chi connectivity index (χ1v) is 9.15. The standard InChI is InChI=1S/C22H22ClN3O/c1-16(18-8-4-2-5-9-18)25-15-17-12-13-20(23)21(14-17)26(22(24)27)19-10-6-3-7-11-19/h2-14,16,25H,15H2,1H3,(H2,24,27)/t16-/m1/s1. The number of para-hydroxylation sites is 1. The summed E-state index contributed by atoms with van der Waals surface area (Å²) in [5.41, 5.74) is 9.11. The van der Waals surface area contributed by atoms with Gasteiger partial charge in [-0.1, -0.05) is 66.2 Å². The molecule has 3 N–H and O–H groups in total. The SMILES string of the molecule is C[C@@H](NCc1ccc(Cl)c(N(C(N)=O)c2ccccc2)c1)c1ccccc1. The lowest BCUT2D eigenvalue weighted by molar-refractivity contribution is 0.256. The van der Waals surface area contributed by atoms with E-state index in [1.807, 2.05) is 60.7 Å². The molecule has 0 radical (unpaired) electrons. The molecule has 0 spiro atoms. The Morgan fingerprint density at radius 3 is 2.30 bits per heavy atom. The molecular weight excluding hydrogens is 358 g/mol. The van der Waals surface area contributed by atoms with Crippen LogP contribution >= 0.6 is 11.6 Å². The number of rotatable bonds is 6. The fourth-order valence-electron chi connectivity index (χ4n) is 2.93. The molecule has 3 aromatic rings. The third kappa shape index (κ3) is 4.67. The normalized spacial score (nSPS) is 11.8. The van der Waals surface area contributed by atoms with Crippen molar-refractivity contribution in [3.05, 3.63) is 95.0 Å². The third-order valence-corrected chi connectivity index (χ3v) is 4.72. The van der Waals surface area contributed by atoms with E-state index in [1.165, 1.54) is 10.5 Å². The number of carbonyl (C=O) groups excluding carboxylic acids is 1. The Kier molecular flexibility index (Phi) is 6.12. The first-order valence-electron chi connectivity index (χ1n) is 8.77. The Labute approximate surface area is 164 Å². The largest absolute Gasteiger partial charge is 0.351 e. The van der Waals surface area contributed by atoms with Gasteiger partial charge in [-0.2, -0.15) is 0 Å². The number of nitrogens with two attached hydrogens (primary N) is 1. The van der Waals surface area contributed by atoms with Crippen molar-refractivity contribution in [2.75, 3.05) is 4.90 Å². The Morgan fingerprint density at radius 2 is 1.67 bits per heavy atom. The Morgan fingerprint density at radius 1 is 1.04 bits per heavy atom. The van der Waals surface area contributed by atoms with Crippen LogP contribution in [0.3, 0.4) is 0 Å². The molecule has 5 heteroatoms. The number of carbonyl (C=O) groups is 1. The first kappa shape index (κ1) is 19.0. The summed E-state index contributed by atoms with van der Waals surface area (Å²) in [5, 5.41) is 3.96. The minimum Gasteiger partial charge on any atom is -0.351 e. The van der Waals surface area contributed by atoms with Gasteiger partial charge in [0.1, 0.15) is 0 Å². The predicted octanol–water partition coefficient (Wildman–Crippen LogP) is 5.41. The van der Waals surface area contributed by atoms with E-state index in [2.05, 4.69) is 24.4 Å². The molecule has 0 bridgehead atoms. The zero-order chi connectivity index (χ0) is 19.2. The number of hydrogen-bond donors (Lipinski definition) is 2. The summed E-state index contributed by atoms with van der Waals surface area (Å²) in [6.07, 6.45) is 0. The highest BCUT2D eigenvalue weighted by atomic mass is 35.5. The Hall–Kier alpha value is -2.82. The summed E-state index contributed by atoms with van der Waals surface area (Å²) in [6, 6.07) is 24.7. The van der Waals surface area contributed by atoms with Gasteiger partial charge in [0, 0.05) is 12.6 Å². The number of hydrogen-bond acceptors (Lipinski definition) is 2. The van der Waals surface area contributed by atoms with Gasteiger partial charge in [-0.3, -0.25) is 4.90 Å². The van der Waals surface area contributed by atoms with Gasteiger partial charge >= 0.3 is 6.03 Å². The summed E-state index contributed by atoms with van der Waals surface area (Å²) in [5.74, 6) is 0. The van der Waals surface area contributed by atoms with Gasteiger partial charge in [0.15, 0.2) is 0 Å². The number of primary amides is 1. The molecule has 1 atom stereocenters. The molecule has 0 unspecified atom stereocenters. The van der Waals surface area contributed by atoms with Crippen molar-refractivity contribution in [2.24, 2.45) is 5.73 Å². The maximum atomic E-state index is 12.1. The zero-order valence-electron chi connectivity index (χ0n) is 15.1. The maximum absolute atomic E-state index is 12.1. The number of urea groups is 1. The molecule has 0 aliphatic rings. The molecule has 3 aromatic carbocycles. The summed E-state index contributed by atoms with van der Waals surface area (Å²) < 4.78 is 0. The number of halogens is 1. The molecule has 0 aliphatic heterocycles. The average Bonchev–Trinajstić information content (AvgIpc) is 2.69. The van der Waals surface area contributed by atoms with Gasteiger partial charge in [0.25, 0.3) is 0 Å². The fraction of sp³-hybridized carbons (Fsp3) is 0.136. The molecule has 0 aromatic heterocycles. The molecule has 0 aliphatic carbocycles. The van der Waals surface area contributed by atoms with Crippen molar-refractivity contribution >= 4 is 29.0 Å². The van der Waals surface area contributed by atoms with Crippen LogP contribution in [-0.2, 0) is 6.54 Å². The van der Waals surface area contributed by atoms with Crippen LogP contribution < -0.4 is 16.0 Å². The van der Waals surface area contributed by atoms with Crippen LogP contribution in [0.25, 0.3) is 0 Å². The zero-order valence-corrected chi connectivity index (χ0v) is 15.9. The quantitative estimate of drug-likeness (QED) is 0.601. The van der Waals surface area contributed by atoms with Gasteiger partial charge in [0.2, 0.25) is 0 Å². The van der Waals surface area contributed by atoms with E-state index in [0.717, 1.165) is 5.56 Å². The summed E-state index contributed by atoms with van der Waals surface area (Å²) in [6.45, 7) is 2.76. The fourth-order valence-corrected chi connectivity index (χ4v) is 3.13. The molecule has 4 nitrogen and oxygen atoms in total. The highest BCUT2D eigenvalue weighted by molar-refractivity contribution is 6.34. The van der Waals surface area contributed by atoms with Crippen LogP contribution in [0.5, 0.6) is 0 Å². The second-order valence-corrected chi connectivity index (χ2v) is 6.72. The van der Waals surface area contributed by atoms with Gasteiger partial charge in [-0.05, 0) is 42.3 Å². The molecule has 138 valence electrons. The van der Waals surface area contributed by atoms with Gasteiger partial charge in [-0.25, -0.2) is 4.79 Å². The van der Waals surface area contributed by atoms with E-state index in [9.17, 15) is 4.79 Å². The Bertz CT molecular complexity index is 900. The van der Waals surface area contributed by atoms with Crippen molar-refractivity contribution in [1.82, 2.24) is 5.32 Å². The number of nitrogens with zero attached hydrogens (tertiary/aromatic N) is 1. The second kappa shape index (κ2) is 8.71. The van der Waals surface area contributed by atoms with Gasteiger partial charge in [-0.15, -0.1) is 0 Å². The molecular formula is C22H22ClN3O. The van der Waals surface area contributed by atoms with E-state index < -0.39 is 6.03 Å². The summed E-state index contributed by atoms with van der Waals surface area (Å²) in [7, 11) is 0. The van der Waals surface area contributed by atoms with Crippen LogP contribution in [0.15, 0.2) is 78.9 Å². The van der Waals surface area contributed by atoms with Crippen molar-refractivity contribution in [2.45, 2.75) is 19.5 Å². The lowest BCUT2D eigenvalue weighted by atomic mass is 10.1. The van der Waals surface area contributed by atoms with E-state index in [0.29, 0.717) is 22.9 Å². The molecule has 0 fully saturated rings.